The zero-order valence-electron chi connectivity index (χ0n) is 10.9. The van der Waals surface area contributed by atoms with Crippen LogP contribution in [0.2, 0.25) is 0 Å². The summed E-state index contributed by atoms with van der Waals surface area (Å²) in [7, 11) is 3.69. The van der Waals surface area contributed by atoms with E-state index >= 15 is 0 Å². The summed E-state index contributed by atoms with van der Waals surface area (Å²) in [6.45, 7) is 4.84. The van der Waals surface area contributed by atoms with Crippen LogP contribution in [0.5, 0.6) is 5.75 Å². The van der Waals surface area contributed by atoms with Gasteiger partial charge in [-0.2, -0.15) is 0 Å². The Morgan fingerprint density at radius 2 is 2.18 bits per heavy atom. The Hall–Kier alpha value is -1.13. The van der Waals surface area contributed by atoms with E-state index in [2.05, 4.69) is 17.9 Å². The second kappa shape index (κ2) is 5.98. The average molecular weight is 252 g/mol. The molecule has 1 aromatic carbocycles. The van der Waals surface area contributed by atoms with Crippen molar-refractivity contribution < 1.29 is 4.74 Å². The van der Waals surface area contributed by atoms with Crippen LogP contribution in [-0.2, 0) is 6.54 Å². The summed E-state index contributed by atoms with van der Waals surface area (Å²) in [6.07, 6.45) is 0. The summed E-state index contributed by atoms with van der Waals surface area (Å²) >= 11 is 5.00. The average Bonchev–Trinajstić information content (AvgIpc) is 2.28. The fourth-order valence-corrected chi connectivity index (χ4v) is 1.83. The van der Waals surface area contributed by atoms with Gasteiger partial charge in [-0.05, 0) is 27.0 Å². The van der Waals surface area contributed by atoms with Crippen LogP contribution < -0.4 is 10.5 Å². The summed E-state index contributed by atoms with van der Waals surface area (Å²) in [5.41, 5.74) is 8.02. The van der Waals surface area contributed by atoms with Crippen LogP contribution in [0.1, 0.15) is 18.1 Å². The van der Waals surface area contributed by atoms with Crippen molar-refractivity contribution in [3.63, 3.8) is 0 Å². The molecule has 0 aliphatic heterocycles. The van der Waals surface area contributed by atoms with Crippen molar-refractivity contribution in [2.75, 3.05) is 14.2 Å². The molecule has 0 fully saturated rings. The number of methoxy groups -OCH3 is 1. The number of thiocarbonyl (C=S) groups is 1. The number of likely N-dealkylation sites (N-methyl/N-ethyl adjacent to an activating group) is 1. The van der Waals surface area contributed by atoms with Crippen LogP contribution in [0.25, 0.3) is 0 Å². The van der Waals surface area contributed by atoms with Gasteiger partial charge in [0.15, 0.2) is 0 Å². The van der Waals surface area contributed by atoms with E-state index in [4.69, 9.17) is 22.7 Å². The lowest BCUT2D eigenvalue weighted by molar-refractivity contribution is 0.297. The smallest absolute Gasteiger partial charge is 0.123 e. The van der Waals surface area contributed by atoms with Crippen LogP contribution in [0, 0.1) is 6.92 Å². The molecule has 0 aromatic heterocycles. The quantitative estimate of drug-likeness (QED) is 0.815. The predicted octanol–water partition coefficient (Wildman–Crippen LogP) is 2.11. The second-order valence-electron chi connectivity index (χ2n) is 4.31. The zero-order chi connectivity index (χ0) is 13.0. The molecular weight excluding hydrogens is 232 g/mol. The van der Waals surface area contributed by atoms with Gasteiger partial charge < -0.3 is 10.5 Å². The van der Waals surface area contributed by atoms with Gasteiger partial charge in [0.1, 0.15) is 5.75 Å². The van der Waals surface area contributed by atoms with E-state index in [9.17, 15) is 0 Å². The number of nitrogens with zero attached hydrogens (tertiary/aromatic N) is 1. The van der Waals surface area contributed by atoms with Crippen molar-refractivity contribution in [3.05, 3.63) is 29.3 Å². The number of rotatable bonds is 5. The molecule has 1 atom stereocenters. The van der Waals surface area contributed by atoms with E-state index in [0.29, 0.717) is 4.99 Å². The SMILES string of the molecule is COc1ccc(C)cc1CN(C)C(C)C(N)=S. The lowest BCUT2D eigenvalue weighted by Crippen LogP contribution is -2.38. The Labute approximate surface area is 109 Å². The van der Waals surface area contributed by atoms with E-state index < -0.39 is 0 Å². The standard InChI is InChI=1S/C13H20N2OS/c1-9-5-6-12(16-4)11(7-9)8-15(3)10(2)13(14)17/h5-7,10H,8H2,1-4H3,(H2,14,17). The Balaban J connectivity index is 2.86. The molecule has 3 nitrogen and oxygen atoms in total. The molecule has 17 heavy (non-hydrogen) atoms. The van der Waals surface area contributed by atoms with Gasteiger partial charge in [-0.3, -0.25) is 4.90 Å². The highest BCUT2D eigenvalue weighted by molar-refractivity contribution is 7.80. The van der Waals surface area contributed by atoms with E-state index in [1.807, 2.05) is 26.1 Å². The lowest BCUT2D eigenvalue weighted by Gasteiger charge is -2.24. The third-order valence-corrected chi connectivity index (χ3v) is 3.27. The fraction of sp³-hybridized carbons (Fsp3) is 0.462. The number of hydrogen-bond donors (Lipinski definition) is 1. The molecule has 1 unspecified atom stereocenters. The van der Waals surface area contributed by atoms with E-state index in [0.717, 1.165) is 17.9 Å². The summed E-state index contributed by atoms with van der Waals surface area (Å²) in [5.74, 6) is 0.901. The first-order valence-electron chi connectivity index (χ1n) is 5.58. The third kappa shape index (κ3) is 3.68. The van der Waals surface area contributed by atoms with Crippen LogP contribution in [0.3, 0.4) is 0 Å². The van der Waals surface area contributed by atoms with E-state index in [1.54, 1.807) is 7.11 Å². The van der Waals surface area contributed by atoms with Gasteiger partial charge in [0.2, 0.25) is 0 Å². The highest BCUT2D eigenvalue weighted by atomic mass is 32.1. The Morgan fingerprint density at radius 1 is 1.53 bits per heavy atom. The minimum absolute atomic E-state index is 0.0789. The van der Waals surface area contributed by atoms with Crippen LogP contribution in [-0.4, -0.2) is 30.1 Å². The summed E-state index contributed by atoms with van der Waals surface area (Å²) in [6, 6.07) is 6.24. The Kier molecular flexibility index (Phi) is 4.90. The topological polar surface area (TPSA) is 38.5 Å². The van der Waals surface area contributed by atoms with E-state index in [-0.39, 0.29) is 6.04 Å². The lowest BCUT2D eigenvalue weighted by atomic mass is 10.1. The molecule has 94 valence electrons. The molecule has 0 radical (unpaired) electrons. The Morgan fingerprint density at radius 3 is 2.71 bits per heavy atom. The van der Waals surface area contributed by atoms with Gasteiger partial charge in [-0.15, -0.1) is 0 Å². The maximum atomic E-state index is 5.65. The van der Waals surface area contributed by atoms with Crippen molar-refractivity contribution in [2.24, 2.45) is 5.73 Å². The first-order valence-corrected chi connectivity index (χ1v) is 5.99. The molecular formula is C13H20N2OS. The molecule has 1 aromatic rings. The van der Waals surface area contributed by atoms with Crippen molar-refractivity contribution in [1.82, 2.24) is 4.90 Å². The molecule has 0 heterocycles. The van der Waals surface area contributed by atoms with Crippen LogP contribution in [0.15, 0.2) is 18.2 Å². The molecule has 0 spiro atoms. The predicted molar refractivity (Wildman–Crippen MR) is 75.4 cm³/mol. The maximum absolute atomic E-state index is 5.65. The molecule has 4 heteroatoms. The molecule has 0 amide bonds. The highest BCUT2D eigenvalue weighted by Gasteiger charge is 2.14. The van der Waals surface area contributed by atoms with Gasteiger partial charge in [0.25, 0.3) is 0 Å². The molecule has 0 aliphatic rings. The number of ether oxygens (including phenoxy) is 1. The minimum atomic E-state index is 0.0789. The summed E-state index contributed by atoms with van der Waals surface area (Å²) in [4.78, 5) is 2.62. The van der Waals surface area contributed by atoms with Gasteiger partial charge in [-0.1, -0.05) is 29.9 Å². The number of hydrogen-bond acceptors (Lipinski definition) is 3. The van der Waals surface area contributed by atoms with Crippen molar-refractivity contribution in [1.29, 1.82) is 0 Å². The maximum Gasteiger partial charge on any atom is 0.123 e. The third-order valence-electron chi connectivity index (χ3n) is 2.93. The van der Waals surface area contributed by atoms with Crippen molar-refractivity contribution in [2.45, 2.75) is 26.4 Å². The molecule has 0 aliphatic carbocycles. The van der Waals surface area contributed by atoms with Gasteiger partial charge >= 0.3 is 0 Å². The fourth-order valence-electron chi connectivity index (χ4n) is 1.65. The second-order valence-corrected chi connectivity index (χ2v) is 4.78. The van der Waals surface area contributed by atoms with Gasteiger partial charge in [0.05, 0.1) is 18.1 Å². The minimum Gasteiger partial charge on any atom is -0.496 e. The molecule has 0 saturated carbocycles. The number of benzene rings is 1. The van der Waals surface area contributed by atoms with Crippen molar-refractivity contribution in [3.8, 4) is 5.75 Å². The number of aryl methyl sites for hydroxylation is 1. The monoisotopic (exact) mass is 252 g/mol. The van der Waals surface area contributed by atoms with Gasteiger partial charge in [-0.25, -0.2) is 0 Å². The molecule has 0 bridgehead atoms. The molecule has 1 rings (SSSR count). The normalized spacial score (nSPS) is 12.5. The van der Waals surface area contributed by atoms with Gasteiger partial charge in [0, 0.05) is 12.1 Å². The van der Waals surface area contributed by atoms with Crippen molar-refractivity contribution >= 4 is 17.2 Å². The first-order chi connectivity index (χ1) is 7.95. The molecule has 0 saturated heterocycles. The van der Waals surface area contributed by atoms with E-state index in [1.165, 1.54) is 5.56 Å². The summed E-state index contributed by atoms with van der Waals surface area (Å²) in [5, 5.41) is 0. The van der Waals surface area contributed by atoms with Crippen LogP contribution in [0.4, 0.5) is 0 Å². The molecule has 2 N–H and O–H groups in total. The zero-order valence-corrected chi connectivity index (χ0v) is 11.7. The summed E-state index contributed by atoms with van der Waals surface area (Å²) < 4.78 is 5.35. The first kappa shape index (κ1) is 13.9. The largest absolute Gasteiger partial charge is 0.496 e. The van der Waals surface area contributed by atoms with Crippen LogP contribution >= 0.6 is 12.2 Å². The highest BCUT2D eigenvalue weighted by Crippen LogP contribution is 2.21. The Bertz CT molecular complexity index is 406. The number of nitrogens with two attached hydrogens (primary N) is 1.